The van der Waals surface area contributed by atoms with Gasteiger partial charge in [-0.15, -0.1) is 0 Å². The number of para-hydroxylation sites is 1. The number of anilines is 1. The molecule has 12 heteroatoms. The number of rotatable bonds is 10. The lowest BCUT2D eigenvalue weighted by Crippen LogP contribution is -2.60. The zero-order valence-electron chi connectivity index (χ0n) is 28.2. The van der Waals surface area contributed by atoms with Gasteiger partial charge in [0.15, 0.2) is 0 Å². The number of hydrogen-bond donors (Lipinski definition) is 1. The van der Waals surface area contributed by atoms with Gasteiger partial charge < -0.3 is 20.1 Å². The van der Waals surface area contributed by atoms with Crippen molar-refractivity contribution < 1.29 is 14.3 Å². The average molecular weight is 665 g/mol. The van der Waals surface area contributed by atoms with Gasteiger partial charge in [0.1, 0.15) is 28.8 Å². The molecule has 7 rings (SSSR count). The molecule has 0 spiro atoms. The molecule has 3 saturated heterocycles. The normalized spacial score (nSPS) is 19.9. The SMILES string of the molecule is CC(C)(CC(C#N)C(=O)N1CCC[C@H]1Cn1c(=O)n(-c2ccc(Oc3ccccc3)cc2)c2c(N)nccc21)N1CCN(C2COC2)CC1. The quantitative estimate of drug-likeness (QED) is 0.268. The van der Waals surface area contributed by atoms with Gasteiger partial charge >= 0.3 is 5.69 Å². The smallest absolute Gasteiger partial charge is 0.333 e. The van der Waals surface area contributed by atoms with Crippen LogP contribution in [0.2, 0.25) is 0 Å². The van der Waals surface area contributed by atoms with E-state index in [0.717, 1.165) is 52.2 Å². The summed E-state index contributed by atoms with van der Waals surface area (Å²) in [6.45, 7) is 10.5. The van der Waals surface area contributed by atoms with Crippen molar-refractivity contribution in [1.29, 1.82) is 5.26 Å². The van der Waals surface area contributed by atoms with E-state index in [4.69, 9.17) is 15.2 Å². The Labute approximate surface area is 286 Å². The maximum atomic E-state index is 14.2. The fraction of sp³-hybridized carbons (Fsp3) is 0.459. The Balaban J connectivity index is 1.09. The summed E-state index contributed by atoms with van der Waals surface area (Å²) in [6.07, 6.45) is 3.60. The van der Waals surface area contributed by atoms with Gasteiger partial charge in [-0.1, -0.05) is 18.2 Å². The topological polar surface area (TPSA) is 135 Å². The van der Waals surface area contributed by atoms with Crippen molar-refractivity contribution in [3.63, 3.8) is 0 Å². The second-order valence-electron chi connectivity index (χ2n) is 13.9. The van der Waals surface area contributed by atoms with Crippen molar-refractivity contribution in [3.8, 4) is 23.3 Å². The summed E-state index contributed by atoms with van der Waals surface area (Å²) in [5.74, 6) is 0.664. The van der Waals surface area contributed by atoms with Gasteiger partial charge in [-0.3, -0.25) is 23.7 Å². The maximum absolute atomic E-state index is 14.2. The van der Waals surface area contributed by atoms with E-state index in [1.807, 2.05) is 59.5 Å². The first-order valence-corrected chi connectivity index (χ1v) is 17.2. The minimum Gasteiger partial charge on any atom is -0.457 e. The molecule has 0 radical (unpaired) electrons. The van der Waals surface area contributed by atoms with Gasteiger partial charge in [-0.25, -0.2) is 9.78 Å². The summed E-state index contributed by atoms with van der Waals surface area (Å²) < 4.78 is 14.6. The van der Waals surface area contributed by atoms with E-state index < -0.39 is 5.92 Å². The number of nitrogens with two attached hydrogens (primary N) is 1. The highest BCUT2D eigenvalue weighted by Crippen LogP contribution is 2.31. The first kappa shape index (κ1) is 32.8. The lowest BCUT2D eigenvalue weighted by Gasteiger charge is -2.48. The first-order chi connectivity index (χ1) is 23.7. The molecule has 4 aromatic rings. The molecule has 3 aliphatic heterocycles. The molecule has 2 N–H and O–H groups in total. The molecule has 1 unspecified atom stereocenters. The first-order valence-electron chi connectivity index (χ1n) is 17.2. The molecule has 12 nitrogen and oxygen atoms in total. The third-order valence-corrected chi connectivity index (χ3v) is 10.5. The predicted octanol–water partition coefficient (Wildman–Crippen LogP) is 3.88. The molecule has 3 fully saturated rings. The number of carbonyl (C=O) groups is 1. The molecule has 0 saturated carbocycles. The van der Waals surface area contributed by atoms with E-state index >= 15 is 0 Å². The number of hydrogen-bond acceptors (Lipinski definition) is 9. The molecule has 2 aromatic carbocycles. The van der Waals surface area contributed by atoms with Crippen LogP contribution in [0.5, 0.6) is 11.5 Å². The van der Waals surface area contributed by atoms with Crippen LogP contribution >= 0.6 is 0 Å². The Morgan fingerprint density at radius 3 is 2.43 bits per heavy atom. The van der Waals surface area contributed by atoms with Crippen LogP contribution < -0.4 is 16.2 Å². The van der Waals surface area contributed by atoms with Crippen LogP contribution in [0.25, 0.3) is 16.7 Å². The molecule has 49 heavy (non-hydrogen) atoms. The number of nitriles is 1. The molecular weight excluding hydrogens is 620 g/mol. The minimum atomic E-state index is -0.775. The third kappa shape index (κ3) is 6.54. The van der Waals surface area contributed by atoms with Gasteiger partial charge in [0.05, 0.1) is 36.5 Å². The van der Waals surface area contributed by atoms with Crippen molar-refractivity contribution in [3.05, 3.63) is 77.3 Å². The van der Waals surface area contributed by atoms with E-state index in [2.05, 4.69) is 34.7 Å². The number of benzene rings is 2. The van der Waals surface area contributed by atoms with Crippen LogP contribution in [0.4, 0.5) is 5.82 Å². The van der Waals surface area contributed by atoms with E-state index in [1.165, 1.54) is 0 Å². The molecule has 2 aromatic heterocycles. The average Bonchev–Trinajstić information content (AvgIpc) is 3.66. The van der Waals surface area contributed by atoms with E-state index in [1.54, 1.807) is 21.4 Å². The molecule has 1 amide bonds. The fourth-order valence-electron chi connectivity index (χ4n) is 7.60. The van der Waals surface area contributed by atoms with E-state index in [0.29, 0.717) is 53.8 Å². The van der Waals surface area contributed by atoms with Crippen LogP contribution in [0.1, 0.15) is 33.1 Å². The summed E-state index contributed by atoms with van der Waals surface area (Å²) in [7, 11) is 0. The largest absolute Gasteiger partial charge is 0.457 e. The molecule has 0 bridgehead atoms. The molecule has 256 valence electrons. The zero-order valence-corrected chi connectivity index (χ0v) is 28.2. The molecule has 3 aliphatic rings. The Bertz CT molecular complexity index is 1890. The van der Waals surface area contributed by atoms with Gasteiger partial charge in [0.2, 0.25) is 5.91 Å². The van der Waals surface area contributed by atoms with E-state index in [9.17, 15) is 14.9 Å². The van der Waals surface area contributed by atoms with E-state index in [-0.39, 0.29) is 29.0 Å². The predicted molar refractivity (Wildman–Crippen MR) is 187 cm³/mol. The van der Waals surface area contributed by atoms with Crippen molar-refractivity contribution in [2.75, 3.05) is 51.7 Å². The van der Waals surface area contributed by atoms with Gasteiger partial charge in [0.25, 0.3) is 0 Å². The van der Waals surface area contributed by atoms with Gasteiger partial charge in [-0.05, 0) is 75.6 Å². The maximum Gasteiger partial charge on any atom is 0.333 e. The van der Waals surface area contributed by atoms with Crippen LogP contribution in [-0.4, -0.2) is 98.3 Å². The number of piperazine rings is 1. The lowest BCUT2D eigenvalue weighted by molar-refractivity contribution is -0.136. The second-order valence-corrected chi connectivity index (χ2v) is 13.9. The van der Waals surface area contributed by atoms with Crippen LogP contribution in [0.3, 0.4) is 0 Å². The summed E-state index contributed by atoms with van der Waals surface area (Å²) in [5, 5.41) is 10.3. The number of nitrogen functional groups attached to an aromatic ring is 1. The van der Waals surface area contributed by atoms with Crippen molar-refractivity contribution in [2.24, 2.45) is 5.92 Å². The second kappa shape index (κ2) is 13.7. The summed E-state index contributed by atoms with van der Waals surface area (Å²) in [4.78, 5) is 39.2. The summed E-state index contributed by atoms with van der Waals surface area (Å²) in [5.41, 5.74) is 7.59. The van der Waals surface area contributed by atoms with Crippen LogP contribution in [0, 0.1) is 17.2 Å². The molecule has 2 atom stereocenters. The number of amides is 1. The van der Waals surface area contributed by atoms with Crippen molar-refractivity contribution >= 4 is 22.8 Å². The Kier molecular flexibility index (Phi) is 9.15. The summed E-state index contributed by atoms with van der Waals surface area (Å²) >= 11 is 0. The standard InChI is InChI=1S/C37H44N8O4/c1-37(2,42-19-17-41(18-20-42)29-24-48-25-29)21-26(22-38)35(46)43-16-6-7-28(43)23-44-32-14-15-40-34(39)33(32)45(36(44)47)27-10-12-31(13-11-27)49-30-8-4-3-5-9-30/h3-5,8-15,26,28-29H,6-7,16-21,23-25H2,1-2H3,(H2,39,40)/t26?,28-/m0/s1. The fourth-order valence-corrected chi connectivity index (χ4v) is 7.60. The minimum absolute atomic E-state index is 0.157. The highest BCUT2D eigenvalue weighted by Gasteiger charge is 2.40. The number of ether oxygens (including phenoxy) is 2. The number of aromatic nitrogens is 3. The number of pyridine rings is 1. The third-order valence-electron chi connectivity index (χ3n) is 10.5. The Hall–Kier alpha value is -4.70. The number of nitrogens with zero attached hydrogens (tertiary/aromatic N) is 7. The molecular formula is C37H44N8O4. The molecule has 5 heterocycles. The van der Waals surface area contributed by atoms with Crippen LogP contribution in [-0.2, 0) is 16.1 Å². The van der Waals surface area contributed by atoms with Gasteiger partial charge in [-0.2, -0.15) is 5.26 Å². The van der Waals surface area contributed by atoms with Crippen molar-refractivity contribution in [1.82, 2.24) is 28.8 Å². The zero-order chi connectivity index (χ0) is 34.1. The van der Waals surface area contributed by atoms with Crippen LogP contribution in [0.15, 0.2) is 71.7 Å². The number of carbonyl (C=O) groups excluding carboxylic acids is 1. The monoisotopic (exact) mass is 664 g/mol. The lowest BCUT2D eigenvalue weighted by atomic mass is 9.88. The number of likely N-dealkylation sites (tertiary alicyclic amines) is 1. The number of imidazole rings is 1. The number of fused-ring (bicyclic) bond motifs is 1. The molecule has 0 aliphatic carbocycles. The van der Waals surface area contributed by atoms with Gasteiger partial charge in [0, 0.05) is 57.0 Å². The Morgan fingerprint density at radius 2 is 1.76 bits per heavy atom. The summed E-state index contributed by atoms with van der Waals surface area (Å²) in [6, 6.07) is 21.2. The highest BCUT2D eigenvalue weighted by molar-refractivity contribution is 5.87. The van der Waals surface area contributed by atoms with Crippen molar-refractivity contribution in [2.45, 2.75) is 57.3 Å². The highest BCUT2D eigenvalue weighted by atomic mass is 16.5. The Morgan fingerprint density at radius 1 is 1.04 bits per heavy atom.